The van der Waals surface area contributed by atoms with Gasteiger partial charge in [0.15, 0.2) is 0 Å². The fourth-order valence-electron chi connectivity index (χ4n) is 0.813. The first-order chi connectivity index (χ1) is 5.55. The largest absolute Gasteiger partial charge is 0.416 e. The molecule has 0 heterocycles. The molecule has 0 nitrogen and oxygen atoms in total. The highest BCUT2D eigenvalue weighted by Gasteiger charge is 2.32. The minimum Gasteiger partial charge on any atom is -0.166 e. The average Bonchev–Trinajstić information content (AvgIpc) is 2.03. The Labute approximate surface area is 74.9 Å². The van der Waals surface area contributed by atoms with E-state index in [0.29, 0.717) is 0 Å². The monoisotopic (exact) mass is 208 g/mol. The molecule has 64 valence electrons. The number of halogens is 4. The fraction of sp³-hybridized carbons (Fsp3) is 0.143. The van der Waals surface area contributed by atoms with E-state index in [9.17, 15) is 13.2 Å². The second-order valence-corrected chi connectivity index (χ2v) is 3.43. The number of rotatable bonds is 1. The molecule has 5 heteroatoms. The van der Waals surface area contributed by atoms with Gasteiger partial charge in [0.1, 0.15) is 0 Å². The van der Waals surface area contributed by atoms with Crippen molar-refractivity contribution >= 4 is 25.1 Å². The minimum absolute atomic E-state index is 0.145. The van der Waals surface area contributed by atoms with Crippen LogP contribution in [0.2, 0.25) is 0 Å². The number of hydrogen-bond acceptors (Lipinski definition) is 0. The Morgan fingerprint density at radius 1 is 1.17 bits per heavy atom. The minimum atomic E-state index is -4.29. The Morgan fingerprint density at radius 2 is 1.75 bits per heavy atom. The van der Waals surface area contributed by atoms with E-state index in [1.54, 1.807) is 6.07 Å². The van der Waals surface area contributed by atoms with E-state index in [-0.39, 0.29) is 14.0 Å². The molecule has 0 fully saturated rings. The van der Waals surface area contributed by atoms with Crippen LogP contribution in [0.5, 0.6) is 0 Å². The van der Waals surface area contributed by atoms with Crippen molar-refractivity contribution in [2.24, 2.45) is 0 Å². The lowest BCUT2D eigenvalue weighted by Crippen LogP contribution is -2.22. The maximum atomic E-state index is 12.2. The van der Waals surface area contributed by atoms with Crippen LogP contribution in [-0.2, 0) is 6.18 Å². The van der Waals surface area contributed by atoms with E-state index in [1.807, 2.05) is 0 Å². The lowest BCUT2D eigenvalue weighted by Gasteiger charge is -2.09. The van der Waals surface area contributed by atoms with Gasteiger partial charge >= 0.3 is 6.18 Å². The Kier molecular flexibility index (Phi) is 2.79. The summed E-state index contributed by atoms with van der Waals surface area (Å²) < 4.78 is 36.5. The number of hydrogen-bond donors (Lipinski definition) is 0. The van der Waals surface area contributed by atoms with Crippen LogP contribution in [0.4, 0.5) is 13.2 Å². The molecule has 0 saturated heterocycles. The van der Waals surface area contributed by atoms with E-state index in [2.05, 4.69) is 0 Å². The van der Waals surface area contributed by atoms with Crippen LogP contribution in [-0.4, -0.2) is 8.83 Å². The third kappa shape index (κ3) is 2.01. The highest BCUT2D eigenvalue weighted by Crippen LogP contribution is 2.27. The summed E-state index contributed by atoms with van der Waals surface area (Å²) in [6.07, 6.45) is -4.29. The summed E-state index contributed by atoms with van der Waals surface area (Å²) in [4.78, 5) is 0. The van der Waals surface area contributed by atoms with Crippen molar-refractivity contribution in [2.75, 3.05) is 0 Å². The molecule has 0 amide bonds. The van der Waals surface area contributed by atoms with Gasteiger partial charge in [-0.3, -0.25) is 0 Å². The third-order valence-electron chi connectivity index (χ3n) is 1.33. The molecule has 1 rings (SSSR count). The van der Waals surface area contributed by atoms with Crippen LogP contribution in [0.1, 0.15) is 5.56 Å². The van der Waals surface area contributed by atoms with E-state index in [4.69, 9.17) is 11.1 Å². The molecule has 0 saturated carbocycles. The maximum absolute atomic E-state index is 12.2. The van der Waals surface area contributed by atoms with Crippen LogP contribution >= 0.6 is 11.1 Å². The number of alkyl halides is 3. The predicted molar refractivity (Wildman–Crippen MR) is 42.7 cm³/mol. The van der Waals surface area contributed by atoms with Crippen LogP contribution < -0.4 is 5.19 Å². The second kappa shape index (κ2) is 3.49. The Hall–Kier alpha value is -0.483. The van der Waals surface area contributed by atoms with Gasteiger partial charge in [0.05, 0.1) is 5.56 Å². The van der Waals surface area contributed by atoms with Crippen LogP contribution in [0.25, 0.3) is 0 Å². The zero-order valence-corrected chi connectivity index (χ0v) is 7.58. The molecule has 0 aliphatic carbocycles. The zero-order valence-electron chi connectivity index (χ0n) is 5.82. The van der Waals surface area contributed by atoms with E-state index < -0.39 is 11.7 Å². The summed E-state index contributed by atoms with van der Waals surface area (Å²) in [6.45, 7) is 0. The van der Waals surface area contributed by atoms with Gasteiger partial charge in [0.2, 0.25) is 8.83 Å². The van der Waals surface area contributed by atoms with Crippen LogP contribution in [0.15, 0.2) is 24.3 Å². The summed E-state index contributed by atoms with van der Waals surface area (Å²) in [5.74, 6) is 0. The molecule has 2 radical (unpaired) electrons. The first-order valence-electron chi connectivity index (χ1n) is 3.08. The van der Waals surface area contributed by atoms with Gasteiger partial charge in [-0.1, -0.05) is 24.3 Å². The van der Waals surface area contributed by atoms with Crippen molar-refractivity contribution in [3.05, 3.63) is 29.8 Å². The van der Waals surface area contributed by atoms with Gasteiger partial charge in [0, 0.05) is 0 Å². The van der Waals surface area contributed by atoms with Gasteiger partial charge in [-0.25, -0.2) is 0 Å². The normalized spacial score (nSPS) is 11.7. The summed E-state index contributed by atoms with van der Waals surface area (Å²) in [6, 6.07) is 5.31. The van der Waals surface area contributed by atoms with Crippen molar-refractivity contribution in [2.45, 2.75) is 6.18 Å². The van der Waals surface area contributed by atoms with Crippen LogP contribution in [0.3, 0.4) is 0 Å². The van der Waals surface area contributed by atoms with Crippen molar-refractivity contribution in [3.63, 3.8) is 0 Å². The lowest BCUT2D eigenvalue weighted by molar-refractivity contribution is -0.136. The van der Waals surface area contributed by atoms with Gasteiger partial charge in [0.25, 0.3) is 0 Å². The first kappa shape index (κ1) is 9.60. The summed E-state index contributed by atoms with van der Waals surface area (Å²) in [5, 5.41) is 0.145. The molecule has 12 heavy (non-hydrogen) atoms. The molecule has 0 aliphatic heterocycles. The molecular weight excluding hydrogens is 205 g/mol. The maximum Gasteiger partial charge on any atom is 0.416 e. The van der Waals surface area contributed by atoms with Gasteiger partial charge < -0.3 is 0 Å². The van der Waals surface area contributed by atoms with Crippen LogP contribution in [0, 0.1) is 0 Å². The summed E-state index contributed by atoms with van der Waals surface area (Å²) in [7, 11) is -0.345. The van der Waals surface area contributed by atoms with Crippen molar-refractivity contribution < 1.29 is 13.2 Å². The second-order valence-electron chi connectivity index (χ2n) is 2.14. The zero-order chi connectivity index (χ0) is 9.19. The predicted octanol–water partition coefficient (Wildman–Crippen LogP) is 2.19. The summed E-state index contributed by atoms with van der Waals surface area (Å²) in [5.41, 5.74) is -0.640. The van der Waals surface area contributed by atoms with E-state index in [1.165, 1.54) is 12.1 Å². The highest BCUT2D eigenvalue weighted by atomic mass is 35.6. The van der Waals surface area contributed by atoms with Gasteiger partial charge in [-0.15, -0.1) is 0 Å². The lowest BCUT2D eigenvalue weighted by atomic mass is 10.2. The molecule has 0 aromatic heterocycles. The smallest absolute Gasteiger partial charge is 0.166 e. The molecular formula is C7H4ClF3Si. The molecule has 0 bridgehead atoms. The molecule has 0 N–H and O–H groups in total. The standard InChI is InChI=1S/C7H4ClF3Si/c8-12-6-4-2-1-3-5(6)7(9,10)11/h1-4H. The van der Waals surface area contributed by atoms with Crippen molar-refractivity contribution in [1.82, 2.24) is 0 Å². The Morgan fingerprint density at radius 3 is 2.17 bits per heavy atom. The SMILES string of the molecule is FC(F)(F)c1ccccc1[Si]Cl. The molecule has 0 spiro atoms. The fourth-order valence-corrected chi connectivity index (χ4v) is 1.79. The van der Waals surface area contributed by atoms with E-state index >= 15 is 0 Å². The Bertz CT molecular complexity index is 272. The van der Waals surface area contributed by atoms with Crippen molar-refractivity contribution in [1.29, 1.82) is 0 Å². The topological polar surface area (TPSA) is 0 Å². The highest BCUT2D eigenvalue weighted by molar-refractivity contribution is 7.01. The molecule has 0 unspecified atom stereocenters. The third-order valence-corrected chi connectivity index (χ3v) is 2.58. The van der Waals surface area contributed by atoms with Gasteiger partial charge in [-0.05, 0) is 5.19 Å². The van der Waals surface area contributed by atoms with Gasteiger partial charge in [-0.2, -0.15) is 24.3 Å². The molecule has 1 aromatic carbocycles. The summed E-state index contributed by atoms with van der Waals surface area (Å²) >= 11 is 5.37. The molecule has 1 aromatic rings. The number of benzene rings is 1. The van der Waals surface area contributed by atoms with Crippen molar-refractivity contribution in [3.8, 4) is 0 Å². The molecule has 0 atom stereocenters. The quantitative estimate of drug-likeness (QED) is 0.490. The Balaban J connectivity index is 3.14. The molecule has 0 aliphatic rings. The van der Waals surface area contributed by atoms with E-state index in [0.717, 1.165) is 6.07 Å². The first-order valence-corrected chi connectivity index (χ1v) is 5.10. The average molecular weight is 209 g/mol.